The lowest BCUT2D eigenvalue weighted by Gasteiger charge is -2.09. The molecule has 0 bridgehead atoms. The average molecular weight is 333 g/mol. The summed E-state index contributed by atoms with van der Waals surface area (Å²) in [7, 11) is -3.88. The van der Waals surface area contributed by atoms with Gasteiger partial charge in [0.1, 0.15) is 5.75 Å². The van der Waals surface area contributed by atoms with Crippen molar-refractivity contribution in [1.82, 2.24) is 10.0 Å². The molecule has 0 fully saturated rings. The molecule has 2 N–H and O–H groups in total. The Kier molecular flexibility index (Phi) is 4.16. The van der Waals surface area contributed by atoms with Crippen molar-refractivity contribution in [2.24, 2.45) is 4.99 Å². The van der Waals surface area contributed by atoms with E-state index in [-0.39, 0.29) is 11.7 Å². The molecular weight excluding hydrogens is 318 g/mol. The number of carbonyl (C=O) groups is 1. The highest BCUT2D eigenvalue weighted by molar-refractivity contribution is 7.90. The summed E-state index contributed by atoms with van der Waals surface area (Å²) in [4.78, 5) is 16.1. The minimum atomic E-state index is -3.88. The van der Waals surface area contributed by atoms with E-state index >= 15 is 0 Å². The van der Waals surface area contributed by atoms with E-state index in [1.807, 2.05) is 24.3 Å². The van der Waals surface area contributed by atoms with Crippen LogP contribution < -0.4 is 10.0 Å². The molecule has 0 saturated carbocycles. The van der Waals surface area contributed by atoms with Crippen molar-refractivity contribution in [3.8, 4) is 0 Å². The molecule has 2 heterocycles. The molecule has 0 saturated heterocycles. The molecule has 0 amide bonds. The van der Waals surface area contributed by atoms with Crippen LogP contribution in [0, 0.1) is 0 Å². The number of guanidine groups is 1. The molecule has 1 aliphatic heterocycles. The maximum atomic E-state index is 12.1. The molecule has 1 aromatic heterocycles. The number of sulfonamides is 1. The summed E-state index contributed by atoms with van der Waals surface area (Å²) >= 11 is 0. The third-order valence-electron chi connectivity index (χ3n) is 3.28. The highest BCUT2D eigenvalue weighted by Crippen LogP contribution is 2.20. The van der Waals surface area contributed by atoms with Crippen LogP contribution in [0.5, 0.6) is 0 Å². The second-order valence-electron chi connectivity index (χ2n) is 5.03. The molecular formula is C15H15N3O4S. The lowest BCUT2D eigenvalue weighted by atomic mass is 10.1. The molecule has 0 radical (unpaired) electrons. The van der Waals surface area contributed by atoms with Gasteiger partial charge < -0.3 is 9.73 Å². The van der Waals surface area contributed by atoms with Crippen molar-refractivity contribution >= 4 is 27.5 Å². The van der Waals surface area contributed by atoms with E-state index < -0.39 is 21.6 Å². The first-order valence-corrected chi connectivity index (χ1v) is 8.66. The quantitative estimate of drug-likeness (QED) is 0.819. The van der Waals surface area contributed by atoms with Crippen molar-refractivity contribution in [2.75, 3.05) is 12.3 Å². The number of fused-ring (bicyclic) bond motifs is 1. The maximum absolute atomic E-state index is 12.1. The summed E-state index contributed by atoms with van der Waals surface area (Å²) < 4.78 is 31.5. The van der Waals surface area contributed by atoms with Gasteiger partial charge in [-0.15, -0.1) is 0 Å². The number of benzene rings is 1. The van der Waals surface area contributed by atoms with Crippen LogP contribution >= 0.6 is 0 Å². The van der Waals surface area contributed by atoms with E-state index in [9.17, 15) is 13.2 Å². The van der Waals surface area contributed by atoms with Gasteiger partial charge in [-0.2, -0.15) is 0 Å². The normalized spacial score (nSPS) is 14.2. The second kappa shape index (κ2) is 6.25. The van der Waals surface area contributed by atoms with Crippen LogP contribution in [0.3, 0.4) is 0 Å². The van der Waals surface area contributed by atoms with Gasteiger partial charge in [-0.05, 0) is 30.2 Å². The van der Waals surface area contributed by atoms with E-state index in [1.165, 1.54) is 18.4 Å². The zero-order valence-corrected chi connectivity index (χ0v) is 13.0. The van der Waals surface area contributed by atoms with Gasteiger partial charge in [0.15, 0.2) is 5.76 Å². The summed E-state index contributed by atoms with van der Waals surface area (Å²) in [6.45, 7) is 0.546. The summed E-state index contributed by atoms with van der Waals surface area (Å²) in [5, 5.41) is 2.92. The summed E-state index contributed by atoms with van der Waals surface area (Å²) in [5.74, 6) is -1.20. The van der Waals surface area contributed by atoms with Crippen molar-refractivity contribution in [3.05, 3.63) is 54.0 Å². The molecule has 1 aliphatic rings. The Morgan fingerprint density at radius 1 is 1.26 bits per heavy atom. The van der Waals surface area contributed by atoms with Crippen LogP contribution in [0.4, 0.5) is 5.69 Å². The van der Waals surface area contributed by atoms with Gasteiger partial charge in [0.25, 0.3) is 0 Å². The van der Waals surface area contributed by atoms with Crippen LogP contribution in [-0.4, -0.2) is 32.5 Å². The molecule has 0 aliphatic carbocycles. The highest BCUT2D eigenvalue weighted by Gasteiger charge is 2.22. The Morgan fingerprint density at radius 3 is 2.87 bits per heavy atom. The van der Waals surface area contributed by atoms with Crippen LogP contribution in [0.25, 0.3) is 0 Å². The molecule has 3 rings (SSSR count). The molecule has 1 aromatic carbocycles. The largest absolute Gasteiger partial charge is 0.461 e. The average Bonchev–Trinajstić information content (AvgIpc) is 2.95. The number of aliphatic imine (C=N–C) groups is 1. The Labute approximate surface area is 133 Å². The monoisotopic (exact) mass is 333 g/mol. The topological polar surface area (TPSA) is 101 Å². The van der Waals surface area contributed by atoms with E-state index in [1.54, 1.807) is 0 Å². The first-order valence-electron chi connectivity index (χ1n) is 7.01. The number of hydrogen-bond donors (Lipinski definition) is 2. The number of rotatable bonds is 4. The fourth-order valence-electron chi connectivity index (χ4n) is 2.23. The van der Waals surface area contributed by atoms with Gasteiger partial charge in [-0.3, -0.25) is 9.52 Å². The van der Waals surface area contributed by atoms with Gasteiger partial charge in [0, 0.05) is 6.54 Å². The fraction of sp³-hybridized carbons (Fsp3) is 0.200. The molecule has 120 valence electrons. The number of nitrogens with one attached hydrogen (secondary N) is 2. The summed E-state index contributed by atoms with van der Waals surface area (Å²) in [5.41, 5.74) is 1.73. The molecule has 0 unspecified atom stereocenters. The second-order valence-corrected chi connectivity index (χ2v) is 6.75. The summed E-state index contributed by atoms with van der Waals surface area (Å²) in [6.07, 6.45) is 2.05. The number of hydrogen-bond acceptors (Lipinski definition) is 6. The zero-order valence-electron chi connectivity index (χ0n) is 12.2. The SMILES string of the molecule is O=C(CS(=O)(=O)NC1=Nc2ccccc2CCN1)c1ccco1. The molecule has 8 heteroatoms. The Bertz CT molecular complexity index is 841. The van der Waals surface area contributed by atoms with Gasteiger partial charge in [0.05, 0.1) is 12.0 Å². The highest BCUT2D eigenvalue weighted by atomic mass is 32.2. The van der Waals surface area contributed by atoms with Crippen LogP contribution in [0.2, 0.25) is 0 Å². The van der Waals surface area contributed by atoms with Crippen molar-refractivity contribution in [1.29, 1.82) is 0 Å². The fourth-order valence-corrected chi connectivity index (χ4v) is 3.20. The molecule has 0 spiro atoms. The molecule has 2 aromatic rings. The number of para-hydroxylation sites is 1. The Hall–Kier alpha value is -2.61. The lowest BCUT2D eigenvalue weighted by molar-refractivity contribution is 0.0990. The van der Waals surface area contributed by atoms with Crippen molar-refractivity contribution < 1.29 is 17.6 Å². The predicted molar refractivity (Wildman–Crippen MR) is 85.2 cm³/mol. The van der Waals surface area contributed by atoms with Crippen molar-refractivity contribution in [3.63, 3.8) is 0 Å². The van der Waals surface area contributed by atoms with Crippen LogP contribution in [-0.2, 0) is 16.4 Å². The third kappa shape index (κ3) is 3.78. The predicted octanol–water partition coefficient (Wildman–Crippen LogP) is 1.22. The third-order valence-corrected chi connectivity index (χ3v) is 4.43. The minimum absolute atomic E-state index is 0.0106. The summed E-state index contributed by atoms with van der Waals surface area (Å²) in [6, 6.07) is 10.4. The minimum Gasteiger partial charge on any atom is -0.461 e. The maximum Gasteiger partial charge on any atom is 0.242 e. The number of Topliss-reactive ketones (excluding diaryl/α,β-unsaturated/α-hetero) is 1. The van der Waals surface area contributed by atoms with E-state index in [2.05, 4.69) is 15.0 Å². The lowest BCUT2D eigenvalue weighted by Crippen LogP contribution is -2.43. The smallest absolute Gasteiger partial charge is 0.242 e. The Balaban J connectivity index is 1.75. The first-order chi connectivity index (χ1) is 11.0. The zero-order chi connectivity index (χ0) is 16.3. The first kappa shape index (κ1) is 15.3. The molecule has 7 nitrogen and oxygen atoms in total. The van der Waals surface area contributed by atoms with Gasteiger partial charge >= 0.3 is 0 Å². The van der Waals surface area contributed by atoms with E-state index in [0.717, 1.165) is 12.0 Å². The molecule has 23 heavy (non-hydrogen) atoms. The number of ketones is 1. The number of carbonyl (C=O) groups excluding carboxylic acids is 1. The van der Waals surface area contributed by atoms with Crippen LogP contribution in [0.1, 0.15) is 16.1 Å². The van der Waals surface area contributed by atoms with Gasteiger partial charge in [0.2, 0.25) is 21.8 Å². The standard InChI is InChI=1S/C15H15N3O4S/c19-13(14-6-3-9-22-14)10-23(20,21)18-15-16-8-7-11-4-1-2-5-12(11)17-15/h1-6,9H,7-8,10H2,(H2,16,17,18). The van der Waals surface area contributed by atoms with E-state index in [0.29, 0.717) is 12.2 Å². The van der Waals surface area contributed by atoms with Crippen molar-refractivity contribution in [2.45, 2.75) is 6.42 Å². The van der Waals surface area contributed by atoms with Crippen LogP contribution in [0.15, 0.2) is 52.1 Å². The van der Waals surface area contributed by atoms with E-state index in [4.69, 9.17) is 4.42 Å². The molecule has 0 atom stereocenters. The van der Waals surface area contributed by atoms with Gasteiger partial charge in [-0.25, -0.2) is 13.4 Å². The number of nitrogens with zero attached hydrogens (tertiary/aromatic N) is 1. The Morgan fingerprint density at radius 2 is 2.09 bits per heavy atom. The van der Waals surface area contributed by atoms with Gasteiger partial charge in [-0.1, -0.05) is 18.2 Å². The number of furan rings is 1.